The number of nitrogens with zero attached hydrogens (tertiary/aromatic N) is 3. The van der Waals surface area contributed by atoms with Crippen molar-refractivity contribution in [1.82, 2.24) is 9.97 Å². The maximum Gasteiger partial charge on any atom is 0.221 e. The largest absolute Gasteiger partial charge is 0.356 e. The van der Waals surface area contributed by atoms with Crippen LogP contribution >= 0.6 is 0 Å². The second kappa shape index (κ2) is 7.73. The van der Waals surface area contributed by atoms with Gasteiger partial charge in [-0.25, -0.2) is 9.97 Å². The van der Waals surface area contributed by atoms with E-state index in [2.05, 4.69) is 25.5 Å². The van der Waals surface area contributed by atoms with Crippen LogP contribution in [-0.2, 0) is 14.3 Å². The molecule has 3 heterocycles. The quantitative estimate of drug-likeness (QED) is 0.839. The van der Waals surface area contributed by atoms with Crippen LogP contribution in [0.3, 0.4) is 0 Å². The van der Waals surface area contributed by atoms with Crippen molar-refractivity contribution in [2.75, 3.05) is 41.8 Å². The maximum atomic E-state index is 11.1. The normalized spacial score (nSPS) is 18.3. The number of hydrogen-bond acceptors (Lipinski definition) is 7. The van der Waals surface area contributed by atoms with Crippen molar-refractivity contribution < 1.29 is 14.3 Å². The van der Waals surface area contributed by atoms with Crippen molar-refractivity contribution in [2.45, 2.75) is 32.5 Å². The molecule has 2 aliphatic heterocycles. The molecule has 1 aromatic heterocycles. The van der Waals surface area contributed by atoms with Crippen LogP contribution in [0.2, 0.25) is 0 Å². The third kappa shape index (κ3) is 4.23. The monoisotopic (exact) mass is 383 g/mol. The summed E-state index contributed by atoms with van der Waals surface area (Å²) in [5.41, 5.74) is 1.65. The molecule has 1 spiro atoms. The number of benzene rings is 1. The van der Waals surface area contributed by atoms with Crippen molar-refractivity contribution >= 4 is 28.9 Å². The number of rotatable bonds is 4. The third-order valence-electron chi connectivity index (χ3n) is 4.96. The van der Waals surface area contributed by atoms with Gasteiger partial charge in [0, 0.05) is 50.3 Å². The van der Waals surface area contributed by atoms with Crippen LogP contribution in [0, 0.1) is 6.92 Å². The zero-order valence-corrected chi connectivity index (χ0v) is 16.2. The molecule has 2 aromatic rings. The number of carbonyl (C=O) groups excluding carboxylic acids is 1. The summed E-state index contributed by atoms with van der Waals surface area (Å²) in [6.07, 6.45) is 1.67. The Morgan fingerprint density at radius 1 is 1.07 bits per heavy atom. The van der Waals surface area contributed by atoms with Crippen molar-refractivity contribution in [2.24, 2.45) is 0 Å². The summed E-state index contributed by atoms with van der Waals surface area (Å²) < 4.78 is 11.6. The van der Waals surface area contributed by atoms with E-state index in [1.165, 1.54) is 6.92 Å². The summed E-state index contributed by atoms with van der Waals surface area (Å²) in [7, 11) is 0. The lowest BCUT2D eigenvalue weighted by molar-refractivity contribution is -0.169. The van der Waals surface area contributed by atoms with E-state index in [-0.39, 0.29) is 5.91 Å². The molecule has 148 valence electrons. The Morgan fingerprint density at radius 2 is 1.71 bits per heavy atom. The molecule has 2 saturated heterocycles. The Kier molecular flexibility index (Phi) is 5.15. The predicted molar refractivity (Wildman–Crippen MR) is 107 cm³/mol. The molecule has 2 N–H and O–H groups in total. The molecule has 0 radical (unpaired) electrons. The lowest BCUT2D eigenvalue weighted by Crippen LogP contribution is -2.45. The Balaban J connectivity index is 1.44. The fourth-order valence-corrected chi connectivity index (χ4v) is 3.63. The zero-order valence-electron chi connectivity index (χ0n) is 16.2. The van der Waals surface area contributed by atoms with Crippen LogP contribution in [0.15, 0.2) is 30.3 Å². The molecule has 2 fully saturated rings. The molecular weight excluding hydrogens is 358 g/mol. The highest BCUT2D eigenvalue weighted by Crippen LogP contribution is 2.33. The SMILES string of the molecule is CC(=O)Nc1ccc(Nc2cc(N3CCC4(CC3)OCCO4)nc(C)n2)cc1. The van der Waals surface area contributed by atoms with Gasteiger partial charge in [0.25, 0.3) is 0 Å². The summed E-state index contributed by atoms with van der Waals surface area (Å²) in [5.74, 6) is 1.87. The van der Waals surface area contributed by atoms with Gasteiger partial charge < -0.3 is 25.0 Å². The van der Waals surface area contributed by atoms with Crippen LogP contribution in [0.4, 0.5) is 23.0 Å². The molecule has 0 saturated carbocycles. The number of carbonyl (C=O) groups is 1. The number of nitrogens with one attached hydrogen (secondary N) is 2. The first-order chi connectivity index (χ1) is 13.5. The lowest BCUT2D eigenvalue weighted by atomic mass is 10.0. The van der Waals surface area contributed by atoms with Gasteiger partial charge in [0.05, 0.1) is 13.2 Å². The van der Waals surface area contributed by atoms with E-state index < -0.39 is 5.79 Å². The van der Waals surface area contributed by atoms with Crippen molar-refractivity contribution in [3.63, 3.8) is 0 Å². The molecular formula is C20H25N5O3. The molecule has 8 nitrogen and oxygen atoms in total. The third-order valence-corrected chi connectivity index (χ3v) is 4.96. The minimum Gasteiger partial charge on any atom is -0.356 e. The first kappa shape index (κ1) is 18.6. The highest BCUT2D eigenvalue weighted by atomic mass is 16.7. The highest BCUT2D eigenvalue weighted by molar-refractivity contribution is 5.88. The van der Waals surface area contributed by atoms with E-state index in [1.807, 2.05) is 37.3 Å². The summed E-state index contributed by atoms with van der Waals surface area (Å²) in [5, 5.41) is 6.07. The first-order valence-electron chi connectivity index (χ1n) is 9.55. The highest BCUT2D eigenvalue weighted by Gasteiger charge is 2.40. The second-order valence-corrected chi connectivity index (χ2v) is 7.14. The Labute approximate surface area is 164 Å². The van der Waals surface area contributed by atoms with E-state index in [0.29, 0.717) is 19.0 Å². The lowest BCUT2D eigenvalue weighted by Gasteiger charge is -2.38. The molecule has 0 aliphatic carbocycles. The first-order valence-corrected chi connectivity index (χ1v) is 9.55. The summed E-state index contributed by atoms with van der Waals surface area (Å²) in [6.45, 7) is 6.42. The number of piperidine rings is 1. The number of amides is 1. The smallest absolute Gasteiger partial charge is 0.221 e. The standard InChI is InChI=1S/C20H25N5O3/c1-14-21-18(24-17-5-3-16(4-6-17)23-15(2)26)13-19(22-14)25-9-7-20(8-10-25)27-11-12-28-20/h3-6,13H,7-12H2,1-2H3,(H,23,26)(H,21,22,24). The van der Waals surface area contributed by atoms with E-state index in [1.54, 1.807) is 0 Å². The molecule has 1 aromatic carbocycles. The Hall–Kier alpha value is -2.71. The van der Waals surface area contributed by atoms with E-state index in [0.717, 1.165) is 48.9 Å². The van der Waals surface area contributed by atoms with Gasteiger partial charge in [-0.15, -0.1) is 0 Å². The Bertz CT molecular complexity index is 839. The van der Waals surface area contributed by atoms with E-state index in [4.69, 9.17) is 9.47 Å². The summed E-state index contributed by atoms with van der Waals surface area (Å²) >= 11 is 0. The number of hydrogen-bond donors (Lipinski definition) is 2. The fourth-order valence-electron chi connectivity index (χ4n) is 3.63. The molecule has 4 rings (SSSR count). The van der Waals surface area contributed by atoms with Gasteiger partial charge in [-0.2, -0.15) is 0 Å². The summed E-state index contributed by atoms with van der Waals surface area (Å²) in [6, 6.07) is 9.47. The van der Waals surface area contributed by atoms with Gasteiger partial charge in [0.2, 0.25) is 5.91 Å². The van der Waals surface area contributed by atoms with Gasteiger partial charge in [-0.3, -0.25) is 4.79 Å². The van der Waals surface area contributed by atoms with Gasteiger partial charge in [-0.1, -0.05) is 0 Å². The van der Waals surface area contributed by atoms with Crippen LogP contribution in [0.5, 0.6) is 0 Å². The zero-order chi connectivity index (χ0) is 19.6. The molecule has 0 bridgehead atoms. The van der Waals surface area contributed by atoms with Gasteiger partial charge in [0.1, 0.15) is 17.5 Å². The van der Waals surface area contributed by atoms with Crippen molar-refractivity contribution in [3.8, 4) is 0 Å². The van der Waals surface area contributed by atoms with Crippen LogP contribution < -0.4 is 15.5 Å². The van der Waals surface area contributed by atoms with E-state index >= 15 is 0 Å². The van der Waals surface area contributed by atoms with Gasteiger partial charge in [0.15, 0.2) is 5.79 Å². The minimum absolute atomic E-state index is 0.0894. The molecule has 0 atom stereocenters. The van der Waals surface area contributed by atoms with Crippen LogP contribution in [0.25, 0.3) is 0 Å². The average Bonchev–Trinajstić information content (AvgIpc) is 3.11. The van der Waals surface area contributed by atoms with Gasteiger partial charge >= 0.3 is 0 Å². The molecule has 1 amide bonds. The van der Waals surface area contributed by atoms with Gasteiger partial charge in [-0.05, 0) is 31.2 Å². The van der Waals surface area contributed by atoms with E-state index in [9.17, 15) is 4.79 Å². The fraction of sp³-hybridized carbons (Fsp3) is 0.450. The van der Waals surface area contributed by atoms with Crippen LogP contribution in [-0.4, -0.2) is 48.0 Å². The van der Waals surface area contributed by atoms with Crippen molar-refractivity contribution in [3.05, 3.63) is 36.2 Å². The maximum absolute atomic E-state index is 11.1. The number of aromatic nitrogens is 2. The molecule has 2 aliphatic rings. The average molecular weight is 383 g/mol. The Morgan fingerprint density at radius 3 is 2.36 bits per heavy atom. The number of aryl methyl sites for hydroxylation is 1. The molecule has 0 unspecified atom stereocenters. The second-order valence-electron chi connectivity index (χ2n) is 7.14. The predicted octanol–water partition coefficient (Wildman–Crippen LogP) is 2.83. The molecule has 8 heteroatoms. The van der Waals surface area contributed by atoms with Crippen LogP contribution in [0.1, 0.15) is 25.6 Å². The topological polar surface area (TPSA) is 88.6 Å². The number of anilines is 4. The summed E-state index contributed by atoms with van der Waals surface area (Å²) in [4.78, 5) is 22.5. The van der Waals surface area contributed by atoms with Crippen molar-refractivity contribution in [1.29, 1.82) is 0 Å². The molecule has 28 heavy (non-hydrogen) atoms. The number of ether oxygens (including phenoxy) is 2. The minimum atomic E-state index is -0.394.